The molecule has 1 N–H and O–H groups in total. The van der Waals surface area contributed by atoms with Gasteiger partial charge in [-0.1, -0.05) is 6.58 Å². The molecular weight excluding hydrogens is 470 g/mol. The van der Waals surface area contributed by atoms with Crippen LogP contribution in [0.5, 0.6) is 5.75 Å². The smallest absolute Gasteiger partial charge is 0.361 e. The summed E-state index contributed by atoms with van der Waals surface area (Å²) in [5.74, 6) is -0.694. The zero-order chi connectivity index (χ0) is 22.9. The Morgan fingerprint density at radius 2 is 1.61 bits per heavy atom. The number of quaternary nitrogens is 1. The van der Waals surface area contributed by atoms with Crippen molar-refractivity contribution in [1.29, 1.82) is 0 Å². The fraction of sp³-hybridized carbons (Fsp3) is 0.500. The number of ether oxygens (including phenoxy) is 3. The predicted molar refractivity (Wildman–Crippen MR) is 111 cm³/mol. The highest BCUT2D eigenvalue weighted by Gasteiger charge is 2.25. The third kappa shape index (κ3) is 11.1. The first-order chi connectivity index (χ1) is 13.8. The van der Waals surface area contributed by atoms with Crippen molar-refractivity contribution in [2.75, 3.05) is 47.0 Å². The van der Waals surface area contributed by atoms with E-state index in [1.165, 1.54) is 13.8 Å². The lowest BCUT2D eigenvalue weighted by atomic mass is 9.97. The van der Waals surface area contributed by atoms with Crippen LogP contribution in [0, 0.1) is 0 Å². The summed E-state index contributed by atoms with van der Waals surface area (Å²) in [6, 6.07) is 6.38. The van der Waals surface area contributed by atoms with E-state index in [-0.39, 0.29) is 55.1 Å². The van der Waals surface area contributed by atoms with Gasteiger partial charge in [-0.25, -0.2) is 9.59 Å². The molecule has 9 heteroatoms. The van der Waals surface area contributed by atoms with Gasteiger partial charge in [0.15, 0.2) is 12.3 Å². The molecule has 0 fully saturated rings. The lowest BCUT2D eigenvalue weighted by molar-refractivity contribution is -0.883. The molecule has 0 aliphatic carbocycles. The quantitative estimate of drug-likeness (QED) is 0.126. The second-order valence-corrected chi connectivity index (χ2v) is 8.22. The van der Waals surface area contributed by atoms with E-state index >= 15 is 0 Å². The van der Waals surface area contributed by atoms with E-state index in [0.717, 1.165) is 0 Å². The molecule has 0 unspecified atom stereocenters. The van der Waals surface area contributed by atoms with Gasteiger partial charge in [0.1, 0.15) is 37.7 Å². The Hall–Kier alpha value is -2.23. The molecule has 0 heterocycles. The molecule has 1 rings (SSSR count). The van der Waals surface area contributed by atoms with Crippen molar-refractivity contribution in [2.45, 2.75) is 26.4 Å². The van der Waals surface area contributed by atoms with Gasteiger partial charge in [0.05, 0.1) is 14.1 Å². The third-order valence-corrected chi connectivity index (χ3v) is 4.12. The number of hydrogen-bond donors (Lipinski definition) is 1. The van der Waals surface area contributed by atoms with Gasteiger partial charge in [0.2, 0.25) is 0 Å². The van der Waals surface area contributed by atoms with Gasteiger partial charge in [-0.05, 0) is 45.0 Å². The first kappa shape index (κ1) is 28.8. The Bertz CT molecular complexity index is 767. The highest BCUT2D eigenvalue weighted by atomic mass is 79.9. The number of ketones is 1. The number of nitrogens with zero attached hydrogens (tertiary/aromatic N) is 1. The zero-order valence-corrected chi connectivity index (χ0v) is 20.4. The number of esters is 2. The fourth-order valence-corrected chi connectivity index (χ4v) is 2.35. The van der Waals surface area contributed by atoms with E-state index in [0.29, 0.717) is 27.9 Å². The van der Waals surface area contributed by atoms with Crippen molar-refractivity contribution in [1.82, 2.24) is 0 Å². The second-order valence-electron chi connectivity index (χ2n) is 8.22. The van der Waals surface area contributed by atoms with Gasteiger partial charge >= 0.3 is 11.9 Å². The lowest BCUT2D eigenvalue weighted by Crippen LogP contribution is -3.00. The van der Waals surface area contributed by atoms with E-state index in [1.807, 2.05) is 14.1 Å². The monoisotopic (exact) mass is 501 g/mol. The summed E-state index contributed by atoms with van der Waals surface area (Å²) in [4.78, 5) is 35.4. The van der Waals surface area contributed by atoms with Crippen molar-refractivity contribution in [3.8, 4) is 5.75 Å². The average Bonchev–Trinajstić information content (AvgIpc) is 2.63. The molecule has 0 aliphatic rings. The number of rotatable bonds is 12. The maximum atomic E-state index is 12.0. The van der Waals surface area contributed by atoms with Crippen molar-refractivity contribution < 1.29 is 55.2 Å². The molecule has 174 valence electrons. The molecule has 0 saturated heterocycles. The van der Waals surface area contributed by atoms with Gasteiger partial charge in [-0.2, -0.15) is 0 Å². The highest BCUT2D eigenvalue weighted by Crippen LogP contribution is 2.17. The van der Waals surface area contributed by atoms with E-state index in [2.05, 4.69) is 6.58 Å². The van der Waals surface area contributed by atoms with Gasteiger partial charge in [-0.15, -0.1) is 0 Å². The minimum atomic E-state index is -1.44. The lowest BCUT2D eigenvalue weighted by Gasteiger charge is -2.28. The van der Waals surface area contributed by atoms with Crippen LogP contribution in [-0.4, -0.2) is 79.9 Å². The summed E-state index contributed by atoms with van der Waals surface area (Å²) in [6.45, 7) is 8.96. The highest BCUT2D eigenvalue weighted by molar-refractivity contribution is 6.01. The number of benzene rings is 1. The summed E-state index contributed by atoms with van der Waals surface area (Å²) < 4.78 is 16.0. The Kier molecular flexibility index (Phi) is 11.7. The molecule has 31 heavy (non-hydrogen) atoms. The normalized spacial score (nSPS) is 11.2. The predicted octanol–water partition coefficient (Wildman–Crippen LogP) is -1.24. The third-order valence-electron chi connectivity index (χ3n) is 4.12. The number of aliphatic hydroxyl groups is 1. The van der Waals surface area contributed by atoms with Crippen LogP contribution in [0.2, 0.25) is 0 Å². The molecule has 0 aromatic heterocycles. The molecule has 0 spiro atoms. The number of halogens is 1. The molecule has 8 nitrogen and oxygen atoms in total. The molecule has 1 aromatic rings. The molecule has 0 radical (unpaired) electrons. The molecule has 0 bridgehead atoms. The average molecular weight is 502 g/mol. The first-order valence-corrected chi connectivity index (χ1v) is 9.62. The van der Waals surface area contributed by atoms with Crippen LogP contribution >= 0.6 is 0 Å². The minimum absolute atomic E-state index is 0. The van der Waals surface area contributed by atoms with Gasteiger partial charge in [0.25, 0.3) is 0 Å². The van der Waals surface area contributed by atoms with E-state index in [4.69, 9.17) is 14.2 Å². The van der Waals surface area contributed by atoms with Crippen LogP contribution in [0.1, 0.15) is 31.1 Å². The van der Waals surface area contributed by atoms with Crippen molar-refractivity contribution >= 4 is 17.7 Å². The van der Waals surface area contributed by atoms with E-state index < -0.39 is 11.6 Å². The van der Waals surface area contributed by atoms with Crippen LogP contribution in [0.25, 0.3) is 0 Å². The first-order valence-electron chi connectivity index (χ1n) is 9.62. The number of hydrogen-bond acceptors (Lipinski definition) is 7. The number of carbonyl (C=O) groups is 3. The molecule has 0 aliphatic heterocycles. The van der Waals surface area contributed by atoms with Crippen molar-refractivity contribution in [2.24, 2.45) is 0 Å². The molecule has 1 aromatic carbocycles. The molecule has 0 atom stereocenters. The largest absolute Gasteiger partial charge is 1.00 e. The SMILES string of the molecule is C=C(C)C(=O)OCC[N+](C)(C)CC(=O)OCCOc1ccc(C(=O)C(C)(C)O)cc1.[Br-]. The fourth-order valence-electron chi connectivity index (χ4n) is 2.35. The van der Waals surface area contributed by atoms with E-state index in [1.54, 1.807) is 31.2 Å². The van der Waals surface area contributed by atoms with Crippen molar-refractivity contribution in [3.05, 3.63) is 42.0 Å². The van der Waals surface area contributed by atoms with Crippen LogP contribution in [0.4, 0.5) is 0 Å². The Morgan fingerprint density at radius 3 is 2.13 bits per heavy atom. The molecule has 0 amide bonds. The number of Topliss-reactive ketones (excluding diaryl/α,β-unsaturated/α-hetero) is 1. The maximum absolute atomic E-state index is 12.0. The van der Waals surface area contributed by atoms with Crippen LogP contribution in [0.3, 0.4) is 0 Å². The Morgan fingerprint density at radius 1 is 1.03 bits per heavy atom. The van der Waals surface area contributed by atoms with Gasteiger partial charge in [0, 0.05) is 11.1 Å². The summed E-state index contributed by atoms with van der Waals surface area (Å²) in [7, 11) is 3.67. The van der Waals surface area contributed by atoms with Crippen molar-refractivity contribution in [3.63, 3.8) is 0 Å². The van der Waals surface area contributed by atoms with Crippen LogP contribution in [0.15, 0.2) is 36.4 Å². The Labute approximate surface area is 194 Å². The van der Waals surface area contributed by atoms with Crippen LogP contribution in [-0.2, 0) is 19.1 Å². The van der Waals surface area contributed by atoms with Gasteiger partial charge in [-0.3, -0.25) is 4.79 Å². The topological polar surface area (TPSA) is 99.1 Å². The standard InChI is InChI=1S/C22H32NO7.BrH/c1-16(2)21(26)30-12-11-23(5,6)15-19(24)29-14-13-28-18-9-7-17(8-10-18)20(25)22(3,4)27;/h7-10,27H,1,11-15H2,2-6H3;1H/q+1;/p-1. The second kappa shape index (κ2) is 12.6. The van der Waals surface area contributed by atoms with Crippen LogP contribution < -0.4 is 21.7 Å². The summed E-state index contributed by atoms with van der Waals surface area (Å²) in [5.41, 5.74) is -0.719. The minimum Gasteiger partial charge on any atom is -1.00 e. The number of carbonyl (C=O) groups excluding carboxylic acids is 3. The zero-order valence-electron chi connectivity index (χ0n) is 18.8. The number of likely N-dealkylation sites (N-methyl/N-ethyl adjacent to an activating group) is 1. The molecule has 0 saturated carbocycles. The Balaban J connectivity index is 0.00000900. The van der Waals surface area contributed by atoms with E-state index in [9.17, 15) is 19.5 Å². The maximum Gasteiger partial charge on any atom is 0.361 e. The van der Waals surface area contributed by atoms with Gasteiger partial charge < -0.3 is 40.8 Å². The summed E-state index contributed by atoms with van der Waals surface area (Å²) in [6.07, 6.45) is 0. The molecular formula is C22H32BrNO7. The summed E-state index contributed by atoms with van der Waals surface area (Å²) >= 11 is 0. The summed E-state index contributed by atoms with van der Waals surface area (Å²) in [5, 5.41) is 9.75.